The Kier molecular flexibility index (Phi) is 21.5. The van der Waals surface area contributed by atoms with Gasteiger partial charge in [0.15, 0.2) is 5.60 Å². The summed E-state index contributed by atoms with van der Waals surface area (Å²) in [6, 6.07) is 0. The maximum Gasteiger partial charge on any atom is 0.339 e. The zero-order valence-corrected chi connectivity index (χ0v) is 23.6. The number of unbranched alkanes of at least 4 members (excludes halogenated alkanes) is 11. The zero-order valence-electron chi connectivity index (χ0n) is 23.6. The van der Waals surface area contributed by atoms with Crippen molar-refractivity contribution in [1.82, 2.24) is 0 Å². The van der Waals surface area contributed by atoms with E-state index in [1.807, 2.05) is 6.92 Å². The van der Waals surface area contributed by atoms with Gasteiger partial charge in [-0.05, 0) is 25.7 Å². The standard InChI is InChI=1S/C29H54O7/c1-5-9-13-17-21-34-26(30)24-29(33,28(32)36-23-19-15-11-7-3)25(20-16-12-8-4)27(31)35-22-18-14-10-6-2/h25,33H,5-24H2,1-4H3. The number of hydrogen-bond acceptors (Lipinski definition) is 7. The lowest BCUT2D eigenvalue weighted by atomic mass is 9.80. The van der Waals surface area contributed by atoms with E-state index in [0.717, 1.165) is 83.5 Å². The van der Waals surface area contributed by atoms with Crippen molar-refractivity contribution < 1.29 is 33.7 Å². The molecule has 0 aliphatic rings. The van der Waals surface area contributed by atoms with Crippen LogP contribution in [0.1, 0.15) is 137 Å². The predicted molar refractivity (Wildman–Crippen MR) is 143 cm³/mol. The molecule has 0 bridgehead atoms. The van der Waals surface area contributed by atoms with Gasteiger partial charge in [0.1, 0.15) is 0 Å². The lowest BCUT2D eigenvalue weighted by Gasteiger charge is -2.32. The normalized spacial score (nSPS) is 13.6. The van der Waals surface area contributed by atoms with Crippen LogP contribution in [0.4, 0.5) is 0 Å². The van der Waals surface area contributed by atoms with Crippen molar-refractivity contribution >= 4 is 17.9 Å². The summed E-state index contributed by atoms with van der Waals surface area (Å²) in [7, 11) is 0. The van der Waals surface area contributed by atoms with Crippen LogP contribution in [0, 0.1) is 5.92 Å². The number of rotatable bonds is 24. The van der Waals surface area contributed by atoms with Gasteiger partial charge in [0.25, 0.3) is 0 Å². The minimum atomic E-state index is -2.31. The van der Waals surface area contributed by atoms with Crippen molar-refractivity contribution in [2.45, 2.75) is 142 Å². The number of ether oxygens (including phenoxy) is 3. The first-order chi connectivity index (χ1) is 17.4. The summed E-state index contributed by atoms with van der Waals surface area (Å²) in [5.74, 6) is -3.46. The molecule has 0 fully saturated rings. The van der Waals surface area contributed by atoms with Crippen LogP contribution in [0.3, 0.4) is 0 Å². The van der Waals surface area contributed by atoms with Crippen LogP contribution in [0.5, 0.6) is 0 Å². The van der Waals surface area contributed by atoms with Crippen molar-refractivity contribution in [1.29, 1.82) is 0 Å². The monoisotopic (exact) mass is 514 g/mol. The van der Waals surface area contributed by atoms with E-state index in [4.69, 9.17) is 14.2 Å². The van der Waals surface area contributed by atoms with Crippen LogP contribution in [-0.4, -0.2) is 48.4 Å². The Labute approximate surface area is 220 Å². The number of carbonyl (C=O) groups excluding carboxylic acids is 3. The highest BCUT2D eigenvalue weighted by Gasteiger charge is 2.51. The number of aliphatic hydroxyl groups is 1. The third kappa shape index (κ3) is 15.5. The van der Waals surface area contributed by atoms with E-state index in [9.17, 15) is 19.5 Å². The van der Waals surface area contributed by atoms with Gasteiger partial charge in [-0.3, -0.25) is 9.59 Å². The molecule has 2 unspecified atom stereocenters. The molecule has 0 radical (unpaired) electrons. The van der Waals surface area contributed by atoms with Crippen LogP contribution in [0.25, 0.3) is 0 Å². The first-order valence-electron chi connectivity index (χ1n) is 14.6. The second-order valence-electron chi connectivity index (χ2n) is 9.86. The molecule has 0 aliphatic heterocycles. The van der Waals surface area contributed by atoms with Crippen LogP contribution in [0.2, 0.25) is 0 Å². The molecule has 0 saturated carbocycles. The summed E-state index contributed by atoms with van der Waals surface area (Å²) in [5, 5.41) is 11.6. The average molecular weight is 515 g/mol. The fraction of sp³-hybridized carbons (Fsp3) is 0.897. The predicted octanol–water partition coefficient (Wildman–Crippen LogP) is 6.67. The van der Waals surface area contributed by atoms with Crippen molar-refractivity contribution in [3.63, 3.8) is 0 Å². The maximum absolute atomic E-state index is 13.2. The summed E-state index contributed by atoms with van der Waals surface area (Å²) in [5.41, 5.74) is -2.31. The summed E-state index contributed by atoms with van der Waals surface area (Å²) < 4.78 is 16.2. The van der Waals surface area contributed by atoms with Crippen LogP contribution >= 0.6 is 0 Å². The summed E-state index contributed by atoms with van der Waals surface area (Å²) in [6.45, 7) is 8.92. The van der Waals surface area contributed by atoms with Crippen LogP contribution in [-0.2, 0) is 28.6 Å². The highest BCUT2D eigenvalue weighted by Crippen LogP contribution is 2.31. The van der Waals surface area contributed by atoms with Gasteiger partial charge in [0.2, 0.25) is 0 Å². The average Bonchev–Trinajstić information content (AvgIpc) is 2.85. The number of esters is 3. The van der Waals surface area contributed by atoms with E-state index in [-0.39, 0.29) is 26.2 Å². The topological polar surface area (TPSA) is 99.1 Å². The number of hydrogen-bond donors (Lipinski definition) is 1. The van der Waals surface area contributed by atoms with E-state index in [0.29, 0.717) is 12.8 Å². The molecule has 212 valence electrons. The van der Waals surface area contributed by atoms with Gasteiger partial charge in [0.05, 0.1) is 32.2 Å². The molecule has 0 saturated heterocycles. The molecule has 0 aromatic carbocycles. The third-order valence-corrected chi connectivity index (χ3v) is 6.46. The molecule has 36 heavy (non-hydrogen) atoms. The van der Waals surface area contributed by atoms with E-state index >= 15 is 0 Å². The molecule has 0 spiro atoms. The first-order valence-corrected chi connectivity index (χ1v) is 14.6. The molecule has 7 nitrogen and oxygen atoms in total. The quantitative estimate of drug-likeness (QED) is 0.0871. The van der Waals surface area contributed by atoms with Gasteiger partial charge in [-0.15, -0.1) is 0 Å². The van der Waals surface area contributed by atoms with E-state index in [2.05, 4.69) is 20.8 Å². The first kappa shape index (κ1) is 34.4. The van der Waals surface area contributed by atoms with Crippen molar-refractivity contribution in [3.8, 4) is 0 Å². The Morgan fingerprint density at radius 1 is 0.611 bits per heavy atom. The fourth-order valence-corrected chi connectivity index (χ4v) is 4.09. The highest BCUT2D eigenvalue weighted by molar-refractivity contribution is 5.91. The molecule has 0 heterocycles. The summed E-state index contributed by atoms with van der Waals surface area (Å²) >= 11 is 0. The highest BCUT2D eigenvalue weighted by atomic mass is 16.6. The Morgan fingerprint density at radius 2 is 1.06 bits per heavy atom. The summed E-state index contributed by atoms with van der Waals surface area (Å²) in [4.78, 5) is 38.9. The third-order valence-electron chi connectivity index (χ3n) is 6.46. The molecule has 2 atom stereocenters. The molecule has 0 aromatic heterocycles. The van der Waals surface area contributed by atoms with Crippen molar-refractivity contribution in [2.24, 2.45) is 5.92 Å². The fourth-order valence-electron chi connectivity index (χ4n) is 4.09. The van der Waals surface area contributed by atoms with E-state index in [1.54, 1.807) is 0 Å². The van der Waals surface area contributed by atoms with E-state index in [1.165, 1.54) is 0 Å². The smallest absolute Gasteiger partial charge is 0.339 e. The largest absolute Gasteiger partial charge is 0.466 e. The SMILES string of the molecule is CCCCCCOC(=O)CC(O)(C(=O)OCCCCCC)C(CCCCC)C(=O)OCCCCCC. The van der Waals surface area contributed by atoms with Gasteiger partial charge < -0.3 is 19.3 Å². The molecular weight excluding hydrogens is 460 g/mol. The molecular formula is C29H54O7. The molecule has 7 heteroatoms. The summed E-state index contributed by atoms with van der Waals surface area (Å²) in [6.07, 6.45) is 13.2. The maximum atomic E-state index is 13.2. The Bertz CT molecular complexity index is 578. The minimum Gasteiger partial charge on any atom is -0.466 e. The van der Waals surface area contributed by atoms with Crippen molar-refractivity contribution in [3.05, 3.63) is 0 Å². The second-order valence-corrected chi connectivity index (χ2v) is 9.86. The van der Waals surface area contributed by atoms with Crippen molar-refractivity contribution in [2.75, 3.05) is 19.8 Å². The van der Waals surface area contributed by atoms with Gasteiger partial charge in [-0.1, -0.05) is 105 Å². The van der Waals surface area contributed by atoms with Crippen LogP contribution < -0.4 is 0 Å². The molecule has 0 aliphatic carbocycles. The second kappa shape index (κ2) is 22.6. The molecule has 0 rings (SSSR count). The van der Waals surface area contributed by atoms with Gasteiger partial charge >= 0.3 is 17.9 Å². The lowest BCUT2D eigenvalue weighted by molar-refractivity contribution is -0.187. The molecule has 0 aromatic rings. The van der Waals surface area contributed by atoms with E-state index < -0.39 is 35.8 Å². The van der Waals surface area contributed by atoms with Gasteiger partial charge in [-0.2, -0.15) is 0 Å². The van der Waals surface area contributed by atoms with Crippen LogP contribution in [0.15, 0.2) is 0 Å². The van der Waals surface area contributed by atoms with Gasteiger partial charge in [0, 0.05) is 0 Å². The Morgan fingerprint density at radius 3 is 1.56 bits per heavy atom. The molecule has 0 amide bonds. The Balaban J connectivity index is 5.48. The van der Waals surface area contributed by atoms with Gasteiger partial charge in [-0.25, -0.2) is 4.79 Å². The molecule has 1 N–H and O–H groups in total. The zero-order chi connectivity index (χ0) is 27.1. The minimum absolute atomic E-state index is 0.140. The number of carbonyl (C=O) groups is 3. The lowest BCUT2D eigenvalue weighted by Crippen LogP contribution is -2.52. The Hall–Kier alpha value is -1.63.